The summed E-state index contributed by atoms with van der Waals surface area (Å²) in [5.74, 6) is 0.307. The van der Waals surface area contributed by atoms with Gasteiger partial charge in [-0.2, -0.15) is 0 Å². The molecule has 0 aliphatic carbocycles. The van der Waals surface area contributed by atoms with E-state index in [-0.39, 0.29) is 0 Å². The molecule has 0 saturated heterocycles. The van der Waals surface area contributed by atoms with Crippen LogP contribution >= 0.6 is 0 Å². The molecular formula is C15H23N3. The molecule has 18 heavy (non-hydrogen) atoms. The maximum absolute atomic E-state index is 7.24. The standard InChI is InChI=1S/C15H23N3/c1-12-9-10-13-6-2-3-7-14(13)18(12)11-5-4-8-15(16)17/h2-3,6-7,12H,4-5,8-11H2,1H3,(H3,16,17). The molecule has 1 aliphatic heterocycles. The molecule has 0 bridgehead atoms. The number of rotatable bonds is 5. The highest BCUT2D eigenvalue weighted by Crippen LogP contribution is 2.30. The average molecular weight is 245 g/mol. The van der Waals surface area contributed by atoms with Crippen LogP contribution in [0.5, 0.6) is 0 Å². The van der Waals surface area contributed by atoms with Crippen molar-refractivity contribution in [2.24, 2.45) is 5.73 Å². The Labute approximate surface area is 109 Å². The largest absolute Gasteiger partial charge is 0.388 e. The van der Waals surface area contributed by atoms with Crippen LogP contribution in [0.2, 0.25) is 0 Å². The Morgan fingerprint density at radius 2 is 2.17 bits per heavy atom. The third-order valence-corrected chi connectivity index (χ3v) is 3.76. The fourth-order valence-electron chi connectivity index (χ4n) is 2.70. The van der Waals surface area contributed by atoms with E-state index in [0.717, 1.165) is 25.8 Å². The summed E-state index contributed by atoms with van der Waals surface area (Å²) in [7, 11) is 0. The van der Waals surface area contributed by atoms with E-state index in [4.69, 9.17) is 11.1 Å². The third kappa shape index (κ3) is 3.03. The summed E-state index contributed by atoms with van der Waals surface area (Å²) in [6.07, 6.45) is 5.29. The van der Waals surface area contributed by atoms with Crippen LogP contribution in [0.15, 0.2) is 24.3 Å². The molecule has 1 aromatic carbocycles. The molecule has 0 fully saturated rings. The predicted molar refractivity (Wildman–Crippen MR) is 77.3 cm³/mol. The number of anilines is 1. The van der Waals surface area contributed by atoms with Gasteiger partial charge in [-0.1, -0.05) is 18.2 Å². The molecule has 1 unspecified atom stereocenters. The lowest BCUT2D eigenvalue weighted by Crippen LogP contribution is -2.38. The fourth-order valence-corrected chi connectivity index (χ4v) is 2.70. The van der Waals surface area contributed by atoms with Gasteiger partial charge < -0.3 is 10.6 Å². The van der Waals surface area contributed by atoms with Crippen molar-refractivity contribution in [2.75, 3.05) is 11.4 Å². The maximum atomic E-state index is 7.24. The molecule has 1 heterocycles. The molecule has 98 valence electrons. The summed E-state index contributed by atoms with van der Waals surface area (Å²) >= 11 is 0. The second-order valence-corrected chi connectivity index (χ2v) is 5.19. The fraction of sp³-hybridized carbons (Fsp3) is 0.533. The smallest absolute Gasteiger partial charge is 0.0905 e. The van der Waals surface area contributed by atoms with Crippen molar-refractivity contribution < 1.29 is 0 Å². The Bertz CT molecular complexity index is 414. The molecule has 0 saturated carbocycles. The van der Waals surface area contributed by atoms with Crippen LogP contribution in [-0.2, 0) is 6.42 Å². The van der Waals surface area contributed by atoms with Gasteiger partial charge in [0.2, 0.25) is 0 Å². The molecule has 0 spiro atoms. The zero-order valence-electron chi connectivity index (χ0n) is 11.2. The molecular weight excluding hydrogens is 222 g/mol. The van der Waals surface area contributed by atoms with Crippen LogP contribution < -0.4 is 10.6 Å². The number of nitrogens with two attached hydrogens (primary N) is 1. The first kappa shape index (κ1) is 12.9. The molecule has 0 aromatic heterocycles. The first-order chi connectivity index (χ1) is 8.68. The van der Waals surface area contributed by atoms with Gasteiger partial charge >= 0.3 is 0 Å². The lowest BCUT2D eigenvalue weighted by Gasteiger charge is -2.37. The first-order valence-corrected chi connectivity index (χ1v) is 6.86. The van der Waals surface area contributed by atoms with Gasteiger partial charge in [0, 0.05) is 24.7 Å². The summed E-state index contributed by atoms with van der Waals surface area (Å²) in [5, 5.41) is 7.24. The summed E-state index contributed by atoms with van der Waals surface area (Å²) in [5.41, 5.74) is 8.26. The predicted octanol–water partition coefficient (Wildman–Crippen LogP) is 2.93. The quantitative estimate of drug-likeness (QED) is 0.476. The van der Waals surface area contributed by atoms with E-state index in [9.17, 15) is 0 Å². The van der Waals surface area contributed by atoms with Crippen molar-refractivity contribution in [3.8, 4) is 0 Å². The highest BCUT2D eigenvalue weighted by atomic mass is 15.2. The Balaban J connectivity index is 1.96. The van der Waals surface area contributed by atoms with Gasteiger partial charge in [0.05, 0.1) is 5.84 Å². The van der Waals surface area contributed by atoms with Crippen molar-refractivity contribution in [3.05, 3.63) is 29.8 Å². The van der Waals surface area contributed by atoms with Gasteiger partial charge in [-0.15, -0.1) is 0 Å². The van der Waals surface area contributed by atoms with E-state index in [1.807, 2.05) is 0 Å². The number of amidine groups is 1. The number of hydrogen-bond acceptors (Lipinski definition) is 2. The molecule has 3 nitrogen and oxygen atoms in total. The Hall–Kier alpha value is -1.51. The van der Waals surface area contributed by atoms with Gasteiger partial charge in [-0.05, 0) is 44.2 Å². The topological polar surface area (TPSA) is 53.1 Å². The van der Waals surface area contributed by atoms with Crippen molar-refractivity contribution in [2.45, 2.75) is 45.1 Å². The summed E-state index contributed by atoms with van der Waals surface area (Å²) in [4.78, 5) is 2.51. The Morgan fingerprint density at radius 3 is 2.94 bits per heavy atom. The van der Waals surface area contributed by atoms with Crippen molar-refractivity contribution in [1.82, 2.24) is 0 Å². The highest BCUT2D eigenvalue weighted by Gasteiger charge is 2.21. The number of nitrogens with zero attached hydrogens (tertiary/aromatic N) is 1. The molecule has 0 radical (unpaired) electrons. The van der Waals surface area contributed by atoms with Crippen LogP contribution in [0.1, 0.15) is 38.2 Å². The number of benzene rings is 1. The lowest BCUT2D eigenvalue weighted by atomic mass is 9.96. The minimum absolute atomic E-state index is 0.307. The molecule has 1 aliphatic rings. The van der Waals surface area contributed by atoms with Crippen LogP contribution in [0.3, 0.4) is 0 Å². The second kappa shape index (κ2) is 5.89. The zero-order chi connectivity index (χ0) is 13.0. The van der Waals surface area contributed by atoms with Crippen LogP contribution in [-0.4, -0.2) is 18.4 Å². The van der Waals surface area contributed by atoms with Crippen molar-refractivity contribution >= 4 is 11.5 Å². The highest BCUT2D eigenvalue weighted by molar-refractivity contribution is 5.76. The van der Waals surface area contributed by atoms with E-state index in [2.05, 4.69) is 36.1 Å². The molecule has 1 aromatic rings. The van der Waals surface area contributed by atoms with Crippen LogP contribution in [0.4, 0.5) is 5.69 Å². The first-order valence-electron chi connectivity index (χ1n) is 6.86. The van der Waals surface area contributed by atoms with Crippen molar-refractivity contribution in [3.63, 3.8) is 0 Å². The van der Waals surface area contributed by atoms with E-state index >= 15 is 0 Å². The van der Waals surface area contributed by atoms with Gasteiger partial charge in [0.15, 0.2) is 0 Å². The van der Waals surface area contributed by atoms with Crippen molar-refractivity contribution in [1.29, 1.82) is 5.41 Å². The Kier molecular flexibility index (Phi) is 4.24. The van der Waals surface area contributed by atoms with Gasteiger partial charge in [-0.3, -0.25) is 5.41 Å². The molecule has 2 rings (SSSR count). The lowest BCUT2D eigenvalue weighted by molar-refractivity contribution is 0.547. The zero-order valence-corrected chi connectivity index (χ0v) is 11.2. The molecule has 3 heteroatoms. The monoisotopic (exact) mass is 245 g/mol. The third-order valence-electron chi connectivity index (χ3n) is 3.76. The van der Waals surface area contributed by atoms with Crippen LogP contribution in [0.25, 0.3) is 0 Å². The van der Waals surface area contributed by atoms with E-state index in [0.29, 0.717) is 11.9 Å². The van der Waals surface area contributed by atoms with E-state index < -0.39 is 0 Å². The van der Waals surface area contributed by atoms with Gasteiger partial charge in [0.1, 0.15) is 0 Å². The van der Waals surface area contributed by atoms with E-state index in [1.165, 1.54) is 24.1 Å². The summed E-state index contributed by atoms with van der Waals surface area (Å²) in [6.45, 7) is 3.38. The minimum Gasteiger partial charge on any atom is -0.388 e. The number of hydrogen-bond donors (Lipinski definition) is 2. The maximum Gasteiger partial charge on any atom is 0.0905 e. The average Bonchev–Trinajstić information content (AvgIpc) is 2.36. The molecule has 3 N–H and O–H groups in total. The summed E-state index contributed by atoms with van der Waals surface area (Å²) < 4.78 is 0. The van der Waals surface area contributed by atoms with Gasteiger partial charge in [-0.25, -0.2) is 0 Å². The van der Waals surface area contributed by atoms with E-state index in [1.54, 1.807) is 0 Å². The van der Waals surface area contributed by atoms with Crippen LogP contribution in [0, 0.1) is 5.41 Å². The summed E-state index contributed by atoms with van der Waals surface area (Å²) in [6, 6.07) is 9.35. The number of para-hydroxylation sites is 1. The number of fused-ring (bicyclic) bond motifs is 1. The number of aryl methyl sites for hydroxylation is 1. The molecule has 0 amide bonds. The number of nitrogens with one attached hydrogen (secondary N) is 1. The minimum atomic E-state index is 0.307. The Morgan fingerprint density at radius 1 is 1.39 bits per heavy atom. The van der Waals surface area contributed by atoms with Gasteiger partial charge in [0.25, 0.3) is 0 Å². The second-order valence-electron chi connectivity index (χ2n) is 5.19. The number of unbranched alkanes of at least 4 members (excludes halogenated alkanes) is 1. The SMILES string of the molecule is CC1CCc2ccccc2N1CCCCC(=N)N. The molecule has 1 atom stereocenters. The normalized spacial score (nSPS) is 18.5.